The summed E-state index contributed by atoms with van der Waals surface area (Å²) in [6.07, 6.45) is 3.51. The molecule has 2 aromatic heterocycles. The quantitative estimate of drug-likeness (QED) is 0.384. The lowest BCUT2D eigenvalue weighted by Gasteiger charge is -2.12. The molecule has 8 heteroatoms. The molecular weight excluding hydrogens is 420 g/mol. The van der Waals surface area contributed by atoms with E-state index in [1.807, 2.05) is 33.8 Å². The zero-order valence-corrected chi connectivity index (χ0v) is 19.2. The van der Waals surface area contributed by atoms with Crippen molar-refractivity contribution in [2.75, 3.05) is 11.9 Å². The highest BCUT2D eigenvalue weighted by molar-refractivity contribution is 6.00. The topological polar surface area (TPSA) is 103 Å². The molecule has 0 saturated heterocycles. The van der Waals surface area contributed by atoms with Crippen LogP contribution in [0.2, 0.25) is 0 Å². The molecule has 0 atom stereocenters. The van der Waals surface area contributed by atoms with Crippen molar-refractivity contribution in [3.8, 4) is 5.82 Å². The average Bonchev–Trinajstić information content (AvgIpc) is 3.23. The third kappa shape index (κ3) is 6.12. The maximum atomic E-state index is 12.7. The van der Waals surface area contributed by atoms with Gasteiger partial charge in [-0.2, -0.15) is 5.10 Å². The smallest absolute Gasteiger partial charge is 0.342 e. The third-order valence-electron chi connectivity index (χ3n) is 4.86. The van der Waals surface area contributed by atoms with E-state index in [4.69, 9.17) is 4.74 Å². The number of carbonyl (C=O) groups excluding carboxylic acids is 3. The number of hydrogen-bond acceptors (Lipinski definition) is 6. The molecule has 3 rings (SSSR count). The molecule has 3 aromatic rings. The van der Waals surface area contributed by atoms with Gasteiger partial charge in [0.15, 0.2) is 18.2 Å². The first-order valence-electron chi connectivity index (χ1n) is 10.9. The fourth-order valence-electron chi connectivity index (χ4n) is 3.35. The number of ketones is 1. The predicted molar refractivity (Wildman–Crippen MR) is 125 cm³/mol. The number of benzene rings is 1. The maximum Gasteiger partial charge on any atom is 0.342 e. The van der Waals surface area contributed by atoms with E-state index in [2.05, 4.69) is 15.4 Å². The van der Waals surface area contributed by atoms with E-state index in [1.165, 1.54) is 6.20 Å². The molecular formula is C25H28N4O4. The molecule has 0 radical (unpaired) electrons. The number of nitrogens with one attached hydrogen (secondary N) is 1. The number of ether oxygens (including phenoxy) is 1. The summed E-state index contributed by atoms with van der Waals surface area (Å²) in [5.41, 5.74) is 1.95. The highest BCUT2D eigenvalue weighted by Gasteiger charge is 2.23. The van der Waals surface area contributed by atoms with Gasteiger partial charge in [0.1, 0.15) is 5.56 Å². The third-order valence-corrected chi connectivity index (χ3v) is 4.86. The number of aromatic nitrogens is 3. The van der Waals surface area contributed by atoms with Crippen LogP contribution in [0.15, 0.2) is 54.9 Å². The standard InChI is InChI=1S/C25H28N4O4/c1-16(2)13-23(31)28-19-10-8-18(9-11-19)21(30)15-33-25(32)20-14-27-29(24(20)17(3)4)22-7-5-6-12-26-22/h5-12,14,16-17H,13,15H2,1-4H3,(H,28,31). The van der Waals surface area contributed by atoms with Gasteiger partial charge in [-0.3, -0.25) is 9.59 Å². The molecule has 0 bridgehead atoms. The molecule has 1 amide bonds. The Kier molecular flexibility index (Phi) is 7.71. The molecule has 0 saturated carbocycles. The summed E-state index contributed by atoms with van der Waals surface area (Å²) in [7, 11) is 0. The first kappa shape index (κ1) is 23.8. The summed E-state index contributed by atoms with van der Waals surface area (Å²) in [5, 5.41) is 7.09. The largest absolute Gasteiger partial charge is 0.454 e. The van der Waals surface area contributed by atoms with Gasteiger partial charge in [0, 0.05) is 23.9 Å². The minimum atomic E-state index is -0.619. The van der Waals surface area contributed by atoms with E-state index in [0.29, 0.717) is 34.7 Å². The van der Waals surface area contributed by atoms with Crippen LogP contribution in [-0.4, -0.2) is 39.0 Å². The van der Waals surface area contributed by atoms with Gasteiger partial charge < -0.3 is 10.1 Å². The Labute approximate surface area is 193 Å². The number of esters is 1. The minimum absolute atomic E-state index is 0.0220. The van der Waals surface area contributed by atoms with Crippen molar-refractivity contribution in [1.82, 2.24) is 14.8 Å². The van der Waals surface area contributed by atoms with Crippen LogP contribution in [0.5, 0.6) is 0 Å². The number of rotatable bonds is 9. The lowest BCUT2D eigenvalue weighted by Crippen LogP contribution is -2.17. The van der Waals surface area contributed by atoms with Crippen molar-refractivity contribution in [1.29, 1.82) is 0 Å². The second-order valence-electron chi connectivity index (χ2n) is 8.42. The number of pyridine rings is 1. The Bertz CT molecular complexity index is 1120. The molecule has 0 aliphatic heterocycles. The van der Waals surface area contributed by atoms with E-state index in [0.717, 1.165) is 0 Å². The molecule has 0 unspecified atom stereocenters. The highest BCUT2D eigenvalue weighted by Crippen LogP contribution is 2.23. The Balaban J connectivity index is 1.64. The summed E-state index contributed by atoms with van der Waals surface area (Å²) in [6.45, 7) is 7.43. The fourth-order valence-corrected chi connectivity index (χ4v) is 3.35. The molecule has 2 heterocycles. The zero-order chi connectivity index (χ0) is 24.0. The van der Waals surface area contributed by atoms with Gasteiger partial charge in [0.2, 0.25) is 5.91 Å². The Morgan fingerprint density at radius 1 is 1.03 bits per heavy atom. The van der Waals surface area contributed by atoms with Gasteiger partial charge in [0.25, 0.3) is 0 Å². The van der Waals surface area contributed by atoms with Gasteiger partial charge in [-0.1, -0.05) is 33.8 Å². The number of amides is 1. The average molecular weight is 449 g/mol. The Morgan fingerprint density at radius 3 is 2.36 bits per heavy atom. The van der Waals surface area contributed by atoms with Gasteiger partial charge in [-0.05, 0) is 48.2 Å². The summed E-state index contributed by atoms with van der Waals surface area (Å²) >= 11 is 0. The number of anilines is 1. The normalized spacial score (nSPS) is 11.0. The van der Waals surface area contributed by atoms with E-state index >= 15 is 0 Å². The number of Topliss-reactive ketones (excluding diaryl/α,β-unsaturated/α-hetero) is 1. The van der Waals surface area contributed by atoms with Crippen molar-refractivity contribution < 1.29 is 19.1 Å². The summed E-state index contributed by atoms with van der Waals surface area (Å²) in [4.78, 5) is 41.4. The van der Waals surface area contributed by atoms with Crippen molar-refractivity contribution >= 4 is 23.3 Å². The molecule has 0 spiro atoms. The van der Waals surface area contributed by atoms with Crippen LogP contribution in [0.3, 0.4) is 0 Å². The van der Waals surface area contributed by atoms with E-state index in [9.17, 15) is 14.4 Å². The molecule has 0 aliphatic carbocycles. The Morgan fingerprint density at radius 2 is 1.76 bits per heavy atom. The first-order valence-corrected chi connectivity index (χ1v) is 10.9. The second kappa shape index (κ2) is 10.7. The van der Waals surface area contributed by atoms with Crippen LogP contribution in [0.25, 0.3) is 5.82 Å². The van der Waals surface area contributed by atoms with Crippen molar-refractivity contribution in [2.45, 2.75) is 40.0 Å². The van der Waals surface area contributed by atoms with Gasteiger partial charge in [-0.25, -0.2) is 14.5 Å². The fraction of sp³-hybridized carbons (Fsp3) is 0.320. The summed E-state index contributed by atoms with van der Waals surface area (Å²) in [5.74, 6) is -0.209. The maximum absolute atomic E-state index is 12.7. The number of carbonyl (C=O) groups is 3. The van der Waals surface area contributed by atoms with E-state index in [1.54, 1.807) is 47.3 Å². The molecule has 8 nitrogen and oxygen atoms in total. The number of nitrogens with zero attached hydrogens (tertiary/aromatic N) is 3. The SMILES string of the molecule is CC(C)CC(=O)Nc1ccc(C(=O)COC(=O)c2cnn(-c3ccccn3)c2C(C)C)cc1. The van der Waals surface area contributed by atoms with Gasteiger partial charge in [-0.15, -0.1) is 0 Å². The highest BCUT2D eigenvalue weighted by atomic mass is 16.5. The minimum Gasteiger partial charge on any atom is -0.454 e. The zero-order valence-electron chi connectivity index (χ0n) is 19.2. The molecule has 1 N–H and O–H groups in total. The lowest BCUT2D eigenvalue weighted by molar-refractivity contribution is -0.116. The van der Waals surface area contributed by atoms with Crippen LogP contribution in [0, 0.1) is 5.92 Å². The van der Waals surface area contributed by atoms with Crippen molar-refractivity contribution in [2.24, 2.45) is 5.92 Å². The Hall–Kier alpha value is -3.81. The van der Waals surface area contributed by atoms with E-state index in [-0.39, 0.29) is 23.5 Å². The van der Waals surface area contributed by atoms with Crippen LogP contribution < -0.4 is 5.32 Å². The van der Waals surface area contributed by atoms with Crippen LogP contribution in [0.4, 0.5) is 5.69 Å². The molecule has 1 aromatic carbocycles. The molecule has 0 fully saturated rings. The lowest BCUT2D eigenvalue weighted by atomic mass is 10.1. The summed E-state index contributed by atoms with van der Waals surface area (Å²) in [6, 6.07) is 11.9. The van der Waals surface area contributed by atoms with Crippen LogP contribution in [0.1, 0.15) is 66.4 Å². The van der Waals surface area contributed by atoms with E-state index < -0.39 is 12.6 Å². The monoisotopic (exact) mass is 448 g/mol. The summed E-state index contributed by atoms with van der Waals surface area (Å²) < 4.78 is 6.90. The predicted octanol–water partition coefficient (Wildman–Crippen LogP) is 4.42. The van der Waals surface area contributed by atoms with Gasteiger partial charge in [0.05, 0.1) is 11.9 Å². The molecule has 172 valence electrons. The van der Waals surface area contributed by atoms with Crippen LogP contribution >= 0.6 is 0 Å². The van der Waals surface area contributed by atoms with Crippen LogP contribution in [-0.2, 0) is 9.53 Å². The van der Waals surface area contributed by atoms with Gasteiger partial charge >= 0.3 is 5.97 Å². The molecule has 0 aliphatic rings. The second-order valence-corrected chi connectivity index (χ2v) is 8.42. The first-order chi connectivity index (χ1) is 15.8. The molecule has 33 heavy (non-hydrogen) atoms. The number of hydrogen-bond donors (Lipinski definition) is 1. The van der Waals surface area contributed by atoms with Crippen molar-refractivity contribution in [3.63, 3.8) is 0 Å². The van der Waals surface area contributed by atoms with Crippen molar-refractivity contribution in [3.05, 3.63) is 71.7 Å².